The first-order valence-corrected chi connectivity index (χ1v) is 7.51. The molecule has 108 valence electrons. The Morgan fingerprint density at radius 3 is 2.57 bits per heavy atom. The molecule has 0 atom stereocenters. The van der Waals surface area contributed by atoms with Gasteiger partial charge < -0.3 is 9.72 Å². The summed E-state index contributed by atoms with van der Waals surface area (Å²) < 4.78 is 6.11. The fourth-order valence-corrected chi connectivity index (χ4v) is 2.96. The second kappa shape index (κ2) is 6.01. The molecular weight excluding hydrogens is 264 g/mol. The molecule has 0 spiro atoms. The van der Waals surface area contributed by atoms with Crippen LogP contribution in [0.15, 0.2) is 29.1 Å². The molecule has 1 heterocycles. The molecule has 1 fully saturated rings. The number of pyridine rings is 1. The minimum Gasteiger partial charge on any atom is -0.488 e. The zero-order valence-electron chi connectivity index (χ0n) is 11.9. The largest absolute Gasteiger partial charge is 0.488 e. The Kier molecular flexibility index (Phi) is 3.92. The van der Waals surface area contributed by atoms with Crippen molar-refractivity contribution < 1.29 is 4.74 Å². The molecule has 1 saturated carbocycles. The van der Waals surface area contributed by atoms with Crippen LogP contribution in [0, 0.1) is 11.3 Å². The van der Waals surface area contributed by atoms with E-state index in [0.29, 0.717) is 11.3 Å². The van der Waals surface area contributed by atoms with E-state index in [4.69, 9.17) is 4.74 Å². The van der Waals surface area contributed by atoms with Gasteiger partial charge in [0.2, 0.25) is 0 Å². The summed E-state index contributed by atoms with van der Waals surface area (Å²) in [5.41, 5.74) is 0.419. The van der Waals surface area contributed by atoms with Crippen molar-refractivity contribution in [1.82, 2.24) is 4.98 Å². The van der Waals surface area contributed by atoms with Gasteiger partial charge in [-0.25, -0.2) is 0 Å². The van der Waals surface area contributed by atoms with Gasteiger partial charge in [0.05, 0.1) is 11.6 Å². The van der Waals surface area contributed by atoms with Crippen molar-refractivity contribution in [1.29, 1.82) is 5.26 Å². The molecule has 21 heavy (non-hydrogen) atoms. The van der Waals surface area contributed by atoms with Gasteiger partial charge in [-0.15, -0.1) is 0 Å². The maximum atomic E-state index is 12.0. The number of hydrogen-bond acceptors (Lipinski definition) is 3. The number of benzene rings is 1. The number of fused-ring (bicyclic) bond motifs is 1. The number of nitriles is 1. The summed E-state index contributed by atoms with van der Waals surface area (Å²) in [5.74, 6) is 0.448. The first-order valence-electron chi connectivity index (χ1n) is 7.51. The van der Waals surface area contributed by atoms with Crippen molar-refractivity contribution in [3.05, 3.63) is 40.2 Å². The summed E-state index contributed by atoms with van der Waals surface area (Å²) in [5, 5.41) is 10.1. The van der Waals surface area contributed by atoms with E-state index in [1.54, 1.807) is 0 Å². The Morgan fingerprint density at radius 2 is 1.86 bits per heavy atom. The third kappa shape index (κ3) is 2.78. The lowest BCUT2D eigenvalue weighted by Crippen LogP contribution is -2.19. The summed E-state index contributed by atoms with van der Waals surface area (Å²) in [7, 11) is 0. The van der Waals surface area contributed by atoms with Crippen molar-refractivity contribution >= 4 is 10.9 Å². The van der Waals surface area contributed by atoms with E-state index in [-0.39, 0.29) is 17.2 Å². The molecule has 1 N–H and O–H groups in total. The fourth-order valence-electron chi connectivity index (χ4n) is 2.96. The molecule has 1 aliphatic carbocycles. The molecule has 1 aromatic heterocycles. The minimum atomic E-state index is -0.375. The molecule has 0 amide bonds. The number of ether oxygens (including phenoxy) is 1. The van der Waals surface area contributed by atoms with Crippen LogP contribution in [-0.2, 0) is 0 Å². The number of rotatable bonds is 2. The molecule has 1 aromatic carbocycles. The van der Waals surface area contributed by atoms with Crippen LogP contribution in [0.2, 0.25) is 0 Å². The third-order valence-electron chi connectivity index (χ3n) is 4.07. The van der Waals surface area contributed by atoms with E-state index in [2.05, 4.69) is 4.98 Å². The third-order valence-corrected chi connectivity index (χ3v) is 4.07. The minimum absolute atomic E-state index is 0.0814. The molecule has 0 saturated heterocycles. The van der Waals surface area contributed by atoms with Crippen molar-refractivity contribution in [3.8, 4) is 11.8 Å². The summed E-state index contributed by atoms with van der Waals surface area (Å²) in [6, 6.07) is 9.46. The van der Waals surface area contributed by atoms with Gasteiger partial charge in [-0.1, -0.05) is 25.0 Å². The Balaban J connectivity index is 2.06. The molecule has 0 aliphatic heterocycles. The Bertz CT molecular complexity index is 735. The Morgan fingerprint density at radius 1 is 1.14 bits per heavy atom. The van der Waals surface area contributed by atoms with Gasteiger partial charge in [0.25, 0.3) is 5.56 Å². The van der Waals surface area contributed by atoms with Crippen LogP contribution in [0.1, 0.15) is 44.1 Å². The summed E-state index contributed by atoms with van der Waals surface area (Å²) in [6.07, 6.45) is 6.85. The summed E-state index contributed by atoms with van der Waals surface area (Å²) in [4.78, 5) is 14.8. The van der Waals surface area contributed by atoms with Crippen molar-refractivity contribution in [3.63, 3.8) is 0 Å². The number of nitrogens with one attached hydrogen (secondary N) is 1. The number of hydrogen-bond donors (Lipinski definition) is 1. The second-order valence-electron chi connectivity index (χ2n) is 5.55. The average molecular weight is 282 g/mol. The van der Waals surface area contributed by atoms with E-state index >= 15 is 0 Å². The molecule has 4 heteroatoms. The number of para-hydroxylation sites is 1. The van der Waals surface area contributed by atoms with Crippen LogP contribution in [0.25, 0.3) is 10.9 Å². The maximum Gasteiger partial charge on any atom is 0.270 e. The highest BCUT2D eigenvalue weighted by molar-refractivity contribution is 5.87. The van der Waals surface area contributed by atoms with Gasteiger partial charge in [-0.2, -0.15) is 5.26 Å². The Hall–Kier alpha value is -2.28. The fraction of sp³-hybridized carbons (Fsp3) is 0.412. The van der Waals surface area contributed by atoms with Gasteiger partial charge >= 0.3 is 0 Å². The van der Waals surface area contributed by atoms with E-state index in [9.17, 15) is 10.1 Å². The van der Waals surface area contributed by atoms with Crippen LogP contribution >= 0.6 is 0 Å². The highest BCUT2D eigenvalue weighted by atomic mass is 16.5. The zero-order valence-corrected chi connectivity index (χ0v) is 11.9. The lowest BCUT2D eigenvalue weighted by Gasteiger charge is -2.19. The van der Waals surface area contributed by atoms with Crippen LogP contribution < -0.4 is 10.3 Å². The van der Waals surface area contributed by atoms with Gasteiger partial charge in [0.15, 0.2) is 11.3 Å². The normalized spacial score (nSPS) is 16.3. The molecule has 0 radical (unpaired) electrons. The summed E-state index contributed by atoms with van der Waals surface area (Å²) in [6.45, 7) is 0. The average Bonchev–Trinajstić information content (AvgIpc) is 2.76. The van der Waals surface area contributed by atoms with Gasteiger partial charge in [0, 0.05) is 5.39 Å². The lowest BCUT2D eigenvalue weighted by atomic mass is 10.1. The molecule has 2 aromatic rings. The molecular formula is C17H18N2O2. The summed E-state index contributed by atoms with van der Waals surface area (Å²) >= 11 is 0. The maximum absolute atomic E-state index is 12.0. The topological polar surface area (TPSA) is 65.9 Å². The molecule has 1 aliphatic rings. The second-order valence-corrected chi connectivity index (χ2v) is 5.55. The first kappa shape index (κ1) is 13.7. The monoisotopic (exact) mass is 282 g/mol. The van der Waals surface area contributed by atoms with Gasteiger partial charge in [-0.05, 0) is 37.8 Å². The van der Waals surface area contributed by atoms with Crippen molar-refractivity contribution in [2.45, 2.75) is 44.6 Å². The van der Waals surface area contributed by atoms with Crippen LogP contribution in [0.5, 0.6) is 5.75 Å². The van der Waals surface area contributed by atoms with E-state index < -0.39 is 0 Å². The first-order chi connectivity index (χ1) is 10.3. The van der Waals surface area contributed by atoms with Gasteiger partial charge in [-0.3, -0.25) is 4.79 Å². The van der Waals surface area contributed by atoms with E-state index in [0.717, 1.165) is 31.1 Å². The SMILES string of the molecule is N#Cc1c(OC2CCCCCC2)c2ccccc2[nH]c1=O. The van der Waals surface area contributed by atoms with Gasteiger partial charge in [0.1, 0.15) is 6.07 Å². The van der Waals surface area contributed by atoms with E-state index in [1.165, 1.54) is 12.8 Å². The van der Waals surface area contributed by atoms with Crippen molar-refractivity contribution in [2.24, 2.45) is 0 Å². The van der Waals surface area contributed by atoms with Crippen LogP contribution in [0.4, 0.5) is 0 Å². The molecule has 3 rings (SSSR count). The van der Waals surface area contributed by atoms with Crippen LogP contribution in [-0.4, -0.2) is 11.1 Å². The van der Waals surface area contributed by atoms with Crippen LogP contribution in [0.3, 0.4) is 0 Å². The van der Waals surface area contributed by atoms with Crippen molar-refractivity contribution in [2.75, 3.05) is 0 Å². The molecule has 0 bridgehead atoms. The molecule has 0 unspecified atom stereocenters. The Labute approximate surface area is 123 Å². The number of aromatic nitrogens is 1. The predicted octanol–water partition coefficient (Wildman–Crippen LogP) is 3.50. The number of nitrogens with zero attached hydrogens (tertiary/aromatic N) is 1. The van der Waals surface area contributed by atoms with E-state index in [1.807, 2.05) is 30.3 Å². The quantitative estimate of drug-likeness (QED) is 0.857. The lowest BCUT2D eigenvalue weighted by molar-refractivity contribution is 0.185. The zero-order chi connectivity index (χ0) is 14.7. The molecule has 4 nitrogen and oxygen atoms in total. The number of aromatic amines is 1. The highest BCUT2D eigenvalue weighted by Crippen LogP contribution is 2.29. The number of H-pyrrole nitrogens is 1. The standard InChI is InChI=1S/C17H18N2O2/c18-11-14-16(21-12-7-3-1-2-4-8-12)13-9-5-6-10-15(13)19-17(14)20/h5-6,9-10,12H,1-4,7-8H2,(H,19,20). The highest BCUT2D eigenvalue weighted by Gasteiger charge is 2.19. The smallest absolute Gasteiger partial charge is 0.270 e. The predicted molar refractivity (Wildman–Crippen MR) is 81.4 cm³/mol.